The van der Waals surface area contributed by atoms with E-state index in [1.54, 1.807) is 45.9 Å². The molecule has 1 amide bonds. The first-order valence-corrected chi connectivity index (χ1v) is 6.30. The van der Waals surface area contributed by atoms with Crippen LogP contribution in [0.4, 0.5) is 0 Å². The van der Waals surface area contributed by atoms with Gasteiger partial charge in [0, 0.05) is 16.1 Å². The molecule has 4 nitrogen and oxygen atoms in total. The molecule has 0 spiro atoms. The van der Waals surface area contributed by atoms with Crippen molar-refractivity contribution < 1.29 is 14.7 Å². The van der Waals surface area contributed by atoms with Gasteiger partial charge < -0.3 is 10.0 Å². The fourth-order valence-electron chi connectivity index (χ4n) is 1.72. The van der Waals surface area contributed by atoms with Crippen molar-refractivity contribution in [2.75, 3.05) is 6.54 Å². The highest BCUT2D eigenvalue weighted by atomic mass is 35.5. The molecule has 0 radical (unpaired) electrons. The van der Waals surface area contributed by atoms with Gasteiger partial charge >= 0.3 is 5.97 Å². The summed E-state index contributed by atoms with van der Waals surface area (Å²) in [5, 5.41) is 9.40. The normalized spacial score (nSPS) is 11.2. The Balaban J connectivity index is 3.19. The highest BCUT2D eigenvalue weighted by molar-refractivity contribution is 6.31. The quantitative estimate of drug-likeness (QED) is 0.928. The maximum Gasteiger partial charge on any atom is 0.323 e. The van der Waals surface area contributed by atoms with Gasteiger partial charge in [-0.15, -0.1) is 0 Å². The van der Waals surface area contributed by atoms with Crippen molar-refractivity contribution in [2.45, 2.75) is 33.2 Å². The number of halogens is 1. The van der Waals surface area contributed by atoms with Gasteiger partial charge in [-0.1, -0.05) is 17.7 Å². The number of nitrogens with zero attached hydrogens (tertiary/aromatic N) is 1. The van der Waals surface area contributed by atoms with E-state index >= 15 is 0 Å². The molecule has 1 aromatic rings. The Hall–Kier alpha value is -1.55. The van der Waals surface area contributed by atoms with Crippen molar-refractivity contribution in [3.63, 3.8) is 0 Å². The average molecular weight is 284 g/mol. The Bertz CT molecular complexity index is 506. The van der Waals surface area contributed by atoms with Crippen molar-refractivity contribution in [3.05, 3.63) is 34.3 Å². The number of aliphatic carboxylic acids is 1. The van der Waals surface area contributed by atoms with E-state index in [9.17, 15) is 9.59 Å². The molecule has 104 valence electrons. The molecule has 1 aromatic carbocycles. The number of hydrogen-bond donors (Lipinski definition) is 1. The van der Waals surface area contributed by atoms with Crippen molar-refractivity contribution in [1.82, 2.24) is 4.90 Å². The van der Waals surface area contributed by atoms with Crippen LogP contribution in [-0.4, -0.2) is 34.0 Å². The molecule has 0 unspecified atom stereocenters. The summed E-state index contributed by atoms with van der Waals surface area (Å²) in [4.78, 5) is 24.8. The summed E-state index contributed by atoms with van der Waals surface area (Å²) in [5.74, 6) is -1.36. The van der Waals surface area contributed by atoms with Crippen LogP contribution in [0.3, 0.4) is 0 Å². The Morgan fingerprint density at radius 1 is 1.32 bits per heavy atom. The highest BCUT2D eigenvalue weighted by Crippen LogP contribution is 2.21. The lowest BCUT2D eigenvalue weighted by atomic mass is 10.0. The minimum absolute atomic E-state index is 0.324. The number of benzene rings is 1. The number of aryl methyl sites for hydroxylation is 1. The van der Waals surface area contributed by atoms with Crippen LogP contribution < -0.4 is 0 Å². The van der Waals surface area contributed by atoms with Gasteiger partial charge in [0.1, 0.15) is 6.54 Å². The summed E-state index contributed by atoms with van der Waals surface area (Å²) in [6.07, 6.45) is 0. The first kappa shape index (κ1) is 15.5. The molecule has 1 N–H and O–H groups in total. The lowest BCUT2D eigenvalue weighted by Crippen LogP contribution is -2.48. The van der Waals surface area contributed by atoms with E-state index in [1.807, 2.05) is 0 Å². The molecular weight excluding hydrogens is 266 g/mol. The van der Waals surface area contributed by atoms with Crippen molar-refractivity contribution in [2.24, 2.45) is 0 Å². The third-order valence-corrected chi connectivity index (χ3v) is 3.01. The van der Waals surface area contributed by atoms with Gasteiger partial charge in [0.05, 0.1) is 0 Å². The number of hydrogen-bond acceptors (Lipinski definition) is 2. The third kappa shape index (κ3) is 3.96. The Morgan fingerprint density at radius 2 is 1.89 bits per heavy atom. The first-order valence-electron chi connectivity index (χ1n) is 5.93. The fraction of sp³-hybridized carbons (Fsp3) is 0.429. The molecule has 0 saturated heterocycles. The van der Waals surface area contributed by atoms with Gasteiger partial charge in [-0.25, -0.2) is 0 Å². The topological polar surface area (TPSA) is 57.6 Å². The summed E-state index contributed by atoms with van der Waals surface area (Å²) >= 11 is 5.90. The second kappa shape index (κ2) is 5.61. The summed E-state index contributed by atoms with van der Waals surface area (Å²) in [6, 6.07) is 5.02. The van der Waals surface area contributed by atoms with E-state index in [0.29, 0.717) is 10.6 Å². The van der Waals surface area contributed by atoms with Crippen LogP contribution in [0.15, 0.2) is 18.2 Å². The van der Waals surface area contributed by atoms with Crippen LogP contribution in [0.1, 0.15) is 36.7 Å². The lowest BCUT2D eigenvalue weighted by molar-refractivity contribution is -0.138. The molecule has 19 heavy (non-hydrogen) atoms. The van der Waals surface area contributed by atoms with Gasteiger partial charge in [0.15, 0.2) is 0 Å². The van der Waals surface area contributed by atoms with Crippen LogP contribution >= 0.6 is 11.6 Å². The monoisotopic (exact) mass is 283 g/mol. The molecule has 0 bridgehead atoms. The number of carboxylic acids is 1. The molecular formula is C14H18ClNO3. The Labute approximate surface area is 118 Å². The van der Waals surface area contributed by atoms with E-state index in [4.69, 9.17) is 16.7 Å². The van der Waals surface area contributed by atoms with Crippen molar-refractivity contribution >= 4 is 23.5 Å². The molecule has 0 aliphatic carbocycles. The zero-order chi connectivity index (χ0) is 14.8. The smallest absolute Gasteiger partial charge is 0.323 e. The molecule has 0 saturated carbocycles. The minimum atomic E-state index is -1.04. The largest absolute Gasteiger partial charge is 0.480 e. The van der Waals surface area contributed by atoms with Crippen LogP contribution in [0.25, 0.3) is 0 Å². The number of carboxylic acid groups (broad SMARTS) is 1. The Morgan fingerprint density at radius 3 is 2.37 bits per heavy atom. The Kier molecular flexibility index (Phi) is 4.58. The average Bonchev–Trinajstić information content (AvgIpc) is 2.26. The second-order valence-corrected chi connectivity index (χ2v) is 5.85. The van der Waals surface area contributed by atoms with Gasteiger partial charge in [0.25, 0.3) is 5.91 Å². The van der Waals surface area contributed by atoms with Crippen LogP contribution in [0, 0.1) is 6.92 Å². The predicted octanol–water partition coefficient (Wildman–Crippen LogP) is 2.97. The van der Waals surface area contributed by atoms with Gasteiger partial charge in [-0.05, 0) is 45.4 Å². The zero-order valence-corrected chi connectivity index (χ0v) is 12.3. The van der Waals surface area contributed by atoms with E-state index in [1.165, 1.54) is 4.90 Å². The molecule has 5 heteroatoms. The fourth-order valence-corrected chi connectivity index (χ4v) is 1.89. The number of carbonyl (C=O) groups excluding carboxylic acids is 1. The molecule has 0 atom stereocenters. The molecule has 1 rings (SSSR count). The van der Waals surface area contributed by atoms with Crippen LogP contribution in [0.2, 0.25) is 5.02 Å². The third-order valence-electron chi connectivity index (χ3n) is 2.78. The van der Waals surface area contributed by atoms with E-state index < -0.39 is 11.5 Å². The van der Waals surface area contributed by atoms with E-state index in [-0.39, 0.29) is 12.5 Å². The molecule has 0 aliphatic heterocycles. The van der Waals surface area contributed by atoms with Gasteiger partial charge in [-0.2, -0.15) is 0 Å². The zero-order valence-electron chi connectivity index (χ0n) is 11.5. The van der Waals surface area contributed by atoms with Gasteiger partial charge in [-0.3, -0.25) is 9.59 Å². The molecule has 0 aromatic heterocycles. The minimum Gasteiger partial charge on any atom is -0.480 e. The maximum atomic E-state index is 12.5. The van der Waals surface area contributed by atoms with Crippen LogP contribution in [-0.2, 0) is 4.79 Å². The summed E-state index contributed by atoms with van der Waals surface area (Å²) in [7, 11) is 0. The first-order chi connectivity index (χ1) is 8.62. The highest BCUT2D eigenvalue weighted by Gasteiger charge is 2.30. The molecule has 0 fully saturated rings. The van der Waals surface area contributed by atoms with Crippen LogP contribution in [0.5, 0.6) is 0 Å². The molecule has 0 heterocycles. The summed E-state index contributed by atoms with van der Waals surface area (Å²) < 4.78 is 0. The van der Waals surface area contributed by atoms with E-state index in [0.717, 1.165) is 5.56 Å². The summed E-state index contributed by atoms with van der Waals surface area (Å²) in [6.45, 7) is 6.86. The molecule has 0 aliphatic rings. The predicted molar refractivity (Wildman–Crippen MR) is 74.6 cm³/mol. The summed E-state index contributed by atoms with van der Waals surface area (Å²) in [5.41, 5.74) is 0.627. The maximum absolute atomic E-state index is 12.5. The van der Waals surface area contributed by atoms with E-state index in [2.05, 4.69) is 0 Å². The number of carbonyl (C=O) groups is 2. The second-order valence-electron chi connectivity index (χ2n) is 5.42. The van der Waals surface area contributed by atoms with Gasteiger partial charge in [0.2, 0.25) is 0 Å². The number of amides is 1. The van der Waals surface area contributed by atoms with Crippen molar-refractivity contribution in [3.8, 4) is 0 Å². The lowest BCUT2D eigenvalue weighted by Gasteiger charge is -2.34. The van der Waals surface area contributed by atoms with Crippen molar-refractivity contribution in [1.29, 1.82) is 0 Å². The number of rotatable bonds is 3. The standard InChI is InChI=1S/C14H18ClNO3/c1-9-5-6-10(15)7-11(9)13(19)16(8-12(17)18)14(2,3)4/h5-7H,8H2,1-4H3,(H,17,18). The SMILES string of the molecule is Cc1ccc(Cl)cc1C(=O)N(CC(=O)O)C(C)(C)C.